The number of ether oxygens (including phenoxy) is 2. The normalized spacial score (nSPS) is 31.7. The average molecular weight is 557 g/mol. The van der Waals surface area contributed by atoms with E-state index >= 15 is 4.39 Å². The number of halogens is 1. The van der Waals surface area contributed by atoms with Gasteiger partial charge in [0.2, 0.25) is 11.5 Å². The predicted molar refractivity (Wildman–Crippen MR) is 131 cm³/mol. The van der Waals surface area contributed by atoms with Crippen molar-refractivity contribution in [3.8, 4) is 0 Å². The van der Waals surface area contributed by atoms with Gasteiger partial charge in [-0.3, -0.25) is 14.8 Å². The number of fused-ring (bicyclic) bond motifs is 5. The summed E-state index contributed by atoms with van der Waals surface area (Å²) in [6.45, 7) is 3.73. The molecule has 0 saturated carbocycles. The van der Waals surface area contributed by atoms with Gasteiger partial charge in [-0.1, -0.05) is 5.16 Å². The molecule has 40 heavy (non-hydrogen) atoms. The summed E-state index contributed by atoms with van der Waals surface area (Å²) in [5.74, 6) is -0.999. The Kier molecular flexibility index (Phi) is 5.16. The molecule has 3 saturated heterocycles. The molecule has 2 aromatic heterocycles. The molecule has 7 rings (SSSR count). The fraction of sp³-hybridized carbons (Fsp3) is 0.500. The van der Waals surface area contributed by atoms with Gasteiger partial charge in [-0.15, -0.1) is 0 Å². The van der Waals surface area contributed by atoms with Crippen LogP contribution in [0.15, 0.2) is 16.9 Å². The highest BCUT2D eigenvalue weighted by Gasteiger charge is 2.63. The fourth-order valence-corrected chi connectivity index (χ4v) is 6.72. The molecular formula is C24H25FN8O7. The quantitative estimate of drug-likeness (QED) is 0.400. The summed E-state index contributed by atoms with van der Waals surface area (Å²) in [5, 5.41) is 24.1. The van der Waals surface area contributed by atoms with Crippen LogP contribution in [0.4, 0.5) is 25.5 Å². The molecule has 1 aromatic carbocycles. The van der Waals surface area contributed by atoms with Gasteiger partial charge in [-0.2, -0.15) is 5.10 Å². The molecule has 3 fully saturated rings. The summed E-state index contributed by atoms with van der Waals surface area (Å²) in [4.78, 5) is 45.5. The van der Waals surface area contributed by atoms with Crippen molar-refractivity contribution in [2.75, 3.05) is 23.0 Å². The summed E-state index contributed by atoms with van der Waals surface area (Å²) in [6.07, 6.45) is -2.05. The first-order chi connectivity index (χ1) is 19.1. The number of carbonyl (C=O) groups excluding carboxylic acids is 3. The van der Waals surface area contributed by atoms with Crippen molar-refractivity contribution >= 4 is 40.5 Å². The molecule has 4 amide bonds. The van der Waals surface area contributed by atoms with Crippen LogP contribution in [-0.4, -0.2) is 80.7 Å². The number of morpholine rings is 1. The maximum atomic E-state index is 16.4. The molecule has 1 spiro atoms. The number of carbonyl (C=O) groups is 3. The van der Waals surface area contributed by atoms with E-state index in [1.165, 1.54) is 15.9 Å². The maximum Gasteiger partial charge on any atom is 0.416 e. The molecule has 6 heterocycles. The molecule has 4 aliphatic rings. The Hall–Kier alpha value is -4.31. The zero-order valence-electron chi connectivity index (χ0n) is 21.6. The average Bonchev–Trinajstić information content (AvgIpc) is 3.59. The predicted octanol–water partition coefficient (Wildman–Crippen LogP) is 0.476. The number of amides is 4. The molecule has 3 aromatic rings. The Morgan fingerprint density at radius 2 is 2.05 bits per heavy atom. The SMILES string of the molecule is C[C@@H]1CN2c3c(cc4c(N5C(=O)OC[C@H]5c5ncnn5C)noc4c3F)CC3(C(=O)NC(=O)NC3O)[C@H]2[C@H](C)O1. The van der Waals surface area contributed by atoms with Crippen molar-refractivity contribution in [1.29, 1.82) is 0 Å². The fourth-order valence-electron chi connectivity index (χ4n) is 6.72. The van der Waals surface area contributed by atoms with Crippen LogP contribution in [0.5, 0.6) is 0 Å². The second-order valence-corrected chi connectivity index (χ2v) is 10.6. The summed E-state index contributed by atoms with van der Waals surface area (Å²) >= 11 is 0. The molecule has 16 heteroatoms. The third-order valence-electron chi connectivity index (χ3n) is 8.27. The number of hydrogen-bond donors (Lipinski definition) is 3. The standard InChI is InChI=1S/C24H25FN8O7/c1-9-6-32-15-11(5-24(17(32)10(2)39-9)20(34)28-22(36)29-21(24)35)4-12-16(14(15)25)40-30-18(12)33-13(7-38-23(33)37)19-26-8-27-31(19)3/h4,8-10,13,17,20,34H,5-7H2,1-3H3,(H2,28,29,35,36)/t9-,10+,13+,17-,20?,24?/m1/s1. The highest BCUT2D eigenvalue weighted by molar-refractivity contribution is 6.04. The van der Waals surface area contributed by atoms with Crippen molar-refractivity contribution in [3.05, 3.63) is 29.6 Å². The first-order valence-electron chi connectivity index (χ1n) is 12.7. The van der Waals surface area contributed by atoms with E-state index in [0.717, 1.165) is 0 Å². The van der Waals surface area contributed by atoms with Crippen LogP contribution in [0.2, 0.25) is 0 Å². The molecule has 2 unspecified atom stereocenters. The number of nitrogens with zero attached hydrogens (tertiary/aromatic N) is 6. The minimum Gasteiger partial charge on any atom is -0.446 e. The molecule has 0 radical (unpaired) electrons. The number of nitrogens with one attached hydrogen (secondary N) is 2. The lowest BCUT2D eigenvalue weighted by atomic mass is 9.66. The third kappa shape index (κ3) is 3.16. The number of anilines is 2. The number of aliphatic hydroxyl groups excluding tert-OH is 1. The van der Waals surface area contributed by atoms with Crippen LogP contribution in [0.3, 0.4) is 0 Å². The van der Waals surface area contributed by atoms with Gasteiger partial charge in [0.15, 0.2) is 17.5 Å². The molecular weight excluding hydrogens is 531 g/mol. The first kappa shape index (κ1) is 24.7. The molecule has 3 N–H and O–H groups in total. The minimum atomic E-state index is -1.61. The maximum absolute atomic E-state index is 16.4. The summed E-state index contributed by atoms with van der Waals surface area (Å²) in [6, 6.07) is -0.762. The van der Waals surface area contributed by atoms with Crippen LogP contribution >= 0.6 is 0 Å². The lowest BCUT2D eigenvalue weighted by Gasteiger charge is -2.57. The largest absolute Gasteiger partial charge is 0.446 e. The second kappa shape index (κ2) is 8.34. The number of aliphatic hydroxyl groups is 1. The van der Waals surface area contributed by atoms with Crippen LogP contribution in [0.25, 0.3) is 11.0 Å². The first-order valence-corrected chi connectivity index (χ1v) is 12.7. The Morgan fingerprint density at radius 3 is 2.77 bits per heavy atom. The number of benzene rings is 1. The molecule has 0 aliphatic carbocycles. The van der Waals surface area contributed by atoms with Crippen LogP contribution in [-0.2, 0) is 27.7 Å². The lowest BCUT2D eigenvalue weighted by Crippen LogP contribution is -2.76. The Labute approximate surface area is 225 Å². The summed E-state index contributed by atoms with van der Waals surface area (Å²) in [7, 11) is 1.67. The van der Waals surface area contributed by atoms with Crippen molar-refractivity contribution in [3.63, 3.8) is 0 Å². The van der Waals surface area contributed by atoms with Crippen LogP contribution < -0.4 is 20.4 Å². The van der Waals surface area contributed by atoms with Gasteiger partial charge in [-0.05, 0) is 31.9 Å². The van der Waals surface area contributed by atoms with E-state index in [0.29, 0.717) is 11.4 Å². The number of hydrogen-bond acceptors (Lipinski definition) is 11. The lowest BCUT2D eigenvalue weighted by molar-refractivity contribution is -0.155. The molecule has 6 atom stereocenters. The Morgan fingerprint density at radius 1 is 1.25 bits per heavy atom. The zero-order chi connectivity index (χ0) is 28.1. The van der Waals surface area contributed by atoms with Crippen LogP contribution in [0, 0.1) is 11.2 Å². The highest BCUT2D eigenvalue weighted by atomic mass is 19.1. The number of cyclic esters (lactones) is 1. The van der Waals surface area contributed by atoms with E-state index < -0.39 is 53.7 Å². The van der Waals surface area contributed by atoms with Gasteiger partial charge in [0.05, 0.1) is 29.3 Å². The highest BCUT2D eigenvalue weighted by Crippen LogP contribution is 2.51. The Bertz CT molecular complexity index is 1590. The van der Waals surface area contributed by atoms with Gasteiger partial charge < -0.3 is 29.3 Å². The number of rotatable bonds is 2. The summed E-state index contributed by atoms with van der Waals surface area (Å²) in [5.41, 5.74) is -1.25. The summed E-state index contributed by atoms with van der Waals surface area (Å²) < 4.78 is 34.7. The smallest absolute Gasteiger partial charge is 0.416 e. The topological polar surface area (TPSA) is 177 Å². The van der Waals surface area contributed by atoms with Gasteiger partial charge in [0.25, 0.3) is 0 Å². The van der Waals surface area contributed by atoms with Gasteiger partial charge in [0.1, 0.15) is 30.6 Å². The monoisotopic (exact) mass is 556 g/mol. The van der Waals surface area contributed by atoms with E-state index in [9.17, 15) is 19.5 Å². The molecule has 0 bridgehead atoms. The van der Waals surface area contributed by atoms with E-state index in [2.05, 4.69) is 25.9 Å². The van der Waals surface area contributed by atoms with Gasteiger partial charge in [0, 0.05) is 13.6 Å². The van der Waals surface area contributed by atoms with Crippen LogP contribution in [0.1, 0.15) is 31.3 Å². The van der Waals surface area contributed by atoms with Crippen molar-refractivity contribution in [1.82, 2.24) is 30.6 Å². The third-order valence-corrected chi connectivity index (χ3v) is 8.27. The van der Waals surface area contributed by atoms with Crippen molar-refractivity contribution < 1.29 is 37.9 Å². The number of aromatic nitrogens is 4. The Balaban J connectivity index is 1.42. The van der Waals surface area contributed by atoms with Gasteiger partial charge in [-0.25, -0.2) is 23.9 Å². The van der Waals surface area contributed by atoms with Crippen molar-refractivity contribution in [2.24, 2.45) is 12.5 Å². The van der Waals surface area contributed by atoms with Crippen molar-refractivity contribution in [2.45, 2.75) is 50.8 Å². The number of aryl methyl sites for hydroxylation is 1. The number of imide groups is 1. The van der Waals surface area contributed by atoms with E-state index in [-0.39, 0.29) is 48.2 Å². The van der Waals surface area contributed by atoms with E-state index in [1.807, 2.05) is 6.92 Å². The zero-order valence-corrected chi connectivity index (χ0v) is 21.6. The van der Waals surface area contributed by atoms with E-state index in [1.54, 1.807) is 24.9 Å². The number of urea groups is 1. The molecule has 4 aliphatic heterocycles. The minimum absolute atomic E-state index is 0.00836. The molecule has 210 valence electrons. The second-order valence-electron chi connectivity index (χ2n) is 10.6. The van der Waals surface area contributed by atoms with E-state index in [4.69, 9.17) is 14.0 Å². The molecule has 15 nitrogen and oxygen atoms in total. The van der Waals surface area contributed by atoms with Gasteiger partial charge >= 0.3 is 12.1 Å².